The van der Waals surface area contributed by atoms with Crippen molar-refractivity contribution in [3.8, 4) is 0 Å². The maximum absolute atomic E-state index is 12.6. The number of rotatable bonds is 5. The number of aromatic nitrogens is 3. The van der Waals surface area contributed by atoms with Gasteiger partial charge in [-0.1, -0.05) is 49.2 Å². The molecule has 1 amide bonds. The van der Waals surface area contributed by atoms with Crippen molar-refractivity contribution in [2.24, 2.45) is 0 Å². The van der Waals surface area contributed by atoms with Gasteiger partial charge >= 0.3 is 0 Å². The molecule has 0 atom stereocenters. The molecule has 5 nitrogen and oxygen atoms in total. The third-order valence-electron chi connectivity index (χ3n) is 5.99. The minimum atomic E-state index is -0.0204. The number of anilines is 1. The van der Waals surface area contributed by atoms with Crippen molar-refractivity contribution < 1.29 is 4.79 Å². The van der Waals surface area contributed by atoms with Crippen molar-refractivity contribution in [3.63, 3.8) is 0 Å². The minimum Gasteiger partial charge on any atom is -0.301 e. The van der Waals surface area contributed by atoms with Crippen LogP contribution < -0.4 is 5.32 Å². The van der Waals surface area contributed by atoms with Gasteiger partial charge < -0.3 is 5.32 Å². The molecular weight excluding hydrogens is 412 g/mol. The summed E-state index contributed by atoms with van der Waals surface area (Å²) in [5.74, 6) is 1.70. The van der Waals surface area contributed by atoms with Gasteiger partial charge in [-0.15, -0.1) is 11.3 Å². The Bertz CT molecular complexity index is 1040. The third kappa shape index (κ3) is 4.37. The highest BCUT2D eigenvalue weighted by Gasteiger charge is 2.21. The van der Waals surface area contributed by atoms with E-state index in [4.69, 9.17) is 9.97 Å². The Balaban J connectivity index is 1.31. The van der Waals surface area contributed by atoms with E-state index in [1.165, 1.54) is 54.4 Å². The molecule has 3 aromatic rings. The number of aryl methyl sites for hydroxylation is 2. The van der Waals surface area contributed by atoms with Crippen LogP contribution in [0, 0.1) is 0 Å². The van der Waals surface area contributed by atoms with Crippen molar-refractivity contribution >= 4 is 45.0 Å². The number of carbonyl (C=O) groups excluding carboxylic acids is 1. The summed E-state index contributed by atoms with van der Waals surface area (Å²) in [5, 5.41) is 5.68. The number of nitrogens with zero attached hydrogens (tertiary/aromatic N) is 3. The number of thioether (sulfide) groups is 1. The molecule has 156 valence electrons. The van der Waals surface area contributed by atoms with Crippen molar-refractivity contribution in [3.05, 3.63) is 40.7 Å². The molecule has 0 saturated heterocycles. The number of para-hydroxylation sites is 1. The van der Waals surface area contributed by atoms with Crippen LogP contribution in [0.4, 0.5) is 5.13 Å². The second kappa shape index (κ2) is 9.02. The van der Waals surface area contributed by atoms with Gasteiger partial charge in [0.15, 0.2) is 5.13 Å². The fourth-order valence-corrected chi connectivity index (χ4v) is 6.30. The van der Waals surface area contributed by atoms with E-state index in [1.807, 2.05) is 18.2 Å². The monoisotopic (exact) mass is 438 g/mol. The summed E-state index contributed by atoms with van der Waals surface area (Å²) in [6.45, 7) is 0. The van der Waals surface area contributed by atoms with Gasteiger partial charge in [-0.3, -0.25) is 4.79 Å². The summed E-state index contributed by atoms with van der Waals surface area (Å²) in [6.07, 6.45) is 10.7. The maximum Gasteiger partial charge on any atom is 0.236 e. The normalized spacial score (nSPS) is 17.1. The predicted molar refractivity (Wildman–Crippen MR) is 123 cm³/mol. The lowest BCUT2D eigenvalue weighted by molar-refractivity contribution is -0.113. The van der Waals surface area contributed by atoms with Crippen molar-refractivity contribution in [1.82, 2.24) is 15.0 Å². The highest BCUT2D eigenvalue weighted by atomic mass is 32.2. The van der Waals surface area contributed by atoms with Crippen molar-refractivity contribution in [1.29, 1.82) is 0 Å². The lowest BCUT2D eigenvalue weighted by Crippen LogP contribution is -2.14. The summed E-state index contributed by atoms with van der Waals surface area (Å²) >= 11 is 3.14. The van der Waals surface area contributed by atoms with E-state index < -0.39 is 0 Å². The molecule has 1 aromatic carbocycles. The summed E-state index contributed by atoms with van der Waals surface area (Å²) in [5.41, 5.74) is 2.15. The molecule has 0 radical (unpaired) electrons. The molecule has 0 unspecified atom stereocenters. The van der Waals surface area contributed by atoms with Crippen LogP contribution in [0.15, 0.2) is 29.3 Å². The zero-order chi connectivity index (χ0) is 20.3. The van der Waals surface area contributed by atoms with Gasteiger partial charge in [0.1, 0.15) is 10.9 Å². The van der Waals surface area contributed by atoms with Crippen LogP contribution in [0.3, 0.4) is 0 Å². The SMILES string of the molecule is O=C(CSc1nc(C2CCCCC2)nc2ccccc12)Nc1nc2c(s1)CCCC2. The average molecular weight is 439 g/mol. The second-order valence-corrected chi connectivity index (χ2v) is 10.2. The van der Waals surface area contributed by atoms with Gasteiger partial charge in [0.05, 0.1) is 17.0 Å². The maximum atomic E-state index is 12.6. The first-order valence-electron chi connectivity index (χ1n) is 10.9. The summed E-state index contributed by atoms with van der Waals surface area (Å²) in [6, 6.07) is 8.13. The number of hydrogen-bond donors (Lipinski definition) is 1. The van der Waals surface area contributed by atoms with Crippen molar-refractivity contribution in [2.75, 3.05) is 11.1 Å². The Hall–Kier alpha value is -1.99. The summed E-state index contributed by atoms with van der Waals surface area (Å²) in [7, 11) is 0. The van der Waals surface area contributed by atoms with E-state index in [0.717, 1.165) is 52.6 Å². The van der Waals surface area contributed by atoms with Gasteiger partial charge in [-0.05, 0) is 44.6 Å². The molecule has 0 spiro atoms. The number of carbonyl (C=O) groups is 1. The van der Waals surface area contributed by atoms with Crippen LogP contribution in [0.2, 0.25) is 0 Å². The van der Waals surface area contributed by atoms with Crippen LogP contribution in [-0.4, -0.2) is 26.6 Å². The standard InChI is InChI=1S/C23H26N4OS2/c28-20(26-23-25-18-12-6-7-13-19(18)30-23)14-29-22-16-10-4-5-11-17(16)24-21(27-22)15-8-2-1-3-9-15/h4-5,10-11,15H,1-3,6-9,12-14H2,(H,25,26,28). The molecule has 2 aromatic heterocycles. The van der Waals surface area contributed by atoms with Crippen LogP contribution in [0.25, 0.3) is 10.9 Å². The smallest absolute Gasteiger partial charge is 0.236 e. The van der Waals surface area contributed by atoms with E-state index in [0.29, 0.717) is 11.7 Å². The molecule has 1 N–H and O–H groups in total. The largest absolute Gasteiger partial charge is 0.301 e. The van der Waals surface area contributed by atoms with Gasteiger partial charge in [-0.25, -0.2) is 15.0 Å². The topological polar surface area (TPSA) is 67.8 Å². The zero-order valence-corrected chi connectivity index (χ0v) is 18.7. The number of nitrogens with one attached hydrogen (secondary N) is 1. The molecule has 7 heteroatoms. The van der Waals surface area contributed by atoms with Crippen LogP contribution in [0.5, 0.6) is 0 Å². The number of fused-ring (bicyclic) bond motifs is 2. The Kier molecular flexibility index (Phi) is 6.00. The quantitative estimate of drug-likeness (QED) is 0.406. The number of thiazole rings is 1. The van der Waals surface area contributed by atoms with E-state index in [9.17, 15) is 4.79 Å². The lowest BCUT2D eigenvalue weighted by atomic mass is 9.88. The Morgan fingerprint density at radius 2 is 1.87 bits per heavy atom. The third-order valence-corrected chi connectivity index (χ3v) is 8.05. The first kappa shape index (κ1) is 19.9. The first-order chi connectivity index (χ1) is 14.8. The molecule has 1 saturated carbocycles. The molecule has 30 heavy (non-hydrogen) atoms. The minimum absolute atomic E-state index is 0.0204. The van der Waals surface area contributed by atoms with E-state index in [-0.39, 0.29) is 5.91 Å². The van der Waals surface area contributed by atoms with Gasteiger partial charge in [-0.2, -0.15) is 0 Å². The van der Waals surface area contributed by atoms with Gasteiger partial charge in [0, 0.05) is 16.2 Å². The average Bonchev–Trinajstić information content (AvgIpc) is 3.20. The van der Waals surface area contributed by atoms with Gasteiger partial charge in [0.2, 0.25) is 5.91 Å². The highest BCUT2D eigenvalue weighted by molar-refractivity contribution is 8.00. The van der Waals surface area contributed by atoms with Crippen LogP contribution in [0.1, 0.15) is 67.3 Å². The van der Waals surface area contributed by atoms with Crippen LogP contribution >= 0.6 is 23.1 Å². The van der Waals surface area contributed by atoms with E-state index in [1.54, 1.807) is 11.3 Å². The molecule has 0 aliphatic heterocycles. The zero-order valence-electron chi connectivity index (χ0n) is 17.0. The molecule has 0 bridgehead atoms. The van der Waals surface area contributed by atoms with Gasteiger partial charge in [0.25, 0.3) is 0 Å². The Morgan fingerprint density at radius 1 is 1.03 bits per heavy atom. The molecule has 1 fully saturated rings. The predicted octanol–water partition coefficient (Wildman–Crippen LogP) is 5.74. The molecule has 2 aliphatic rings. The molecule has 5 rings (SSSR count). The molecular formula is C23H26N4OS2. The number of benzene rings is 1. The number of hydrogen-bond acceptors (Lipinski definition) is 6. The molecule has 2 heterocycles. The van der Waals surface area contributed by atoms with Crippen molar-refractivity contribution in [2.45, 2.75) is 68.7 Å². The fraction of sp³-hybridized carbons (Fsp3) is 0.478. The Morgan fingerprint density at radius 3 is 2.73 bits per heavy atom. The molecule has 2 aliphatic carbocycles. The summed E-state index contributed by atoms with van der Waals surface area (Å²) < 4.78 is 0. The fourth-order valence-electron chi connectivity index (χ4n) is 4.41. The van der Waals surface area contributed by atoms with E-state index in [2.05, 4.69) is 16.4 Å². The highest BCUT2D eigenvalue weighted by Crippen LogP contribution is 2.34. The Labute approximate surface area is 185 Å². The second-order valence-electron chi connectivity index (χ2n) is 8.17. The first-order valence-corrected chi connectivity index (χ1v) is 12.7. The lowest BCUT2D eigenvalue weighted by Gasteiger charge is -2.21. The van der Waals surface area contributed by atoms with E-state index >= 15 is 0 Å². The number of amides is 1. The summed E-state index contributed by atoms with van der Waals surface area (Å²) in [4.78, 5) is 28.3. The van der Waals surface area contributed by atoms with Crippen LogP contribution in [-0.2, 0) is 17.6 Å².